The van der Waals surface area contributed by atoms with Gasteiger partial charge in [-0.05, 0) is 0 Å². The molecule has 0 saturated heterocycles. The number of fused-ring (bicyclic) bond motifs is 3. The lowest BCUT2D eigenvalue weighted by molar-refractivity contribution is 0.968. The second-order valence-corrected chi connectivity index (χ2v) is 2.37. The highest BCUT2D eigenvalue weighted by Gasteiger charge is 2.03. The summed E-state index contributed by atoms with van der Waals surface area (Å²) in [7, 11) is 0. The van der Waals surface area contributed by atoms with Crippen LogP contribution in [0.1, 0.15) is 0 Å². The smallest absolute Gasteiger partial charge is 0.254 e. The molecule has 0 aliphatic heterocycles. The van der Waals surface area contributed by atoms with Gasteiger partial charge in [0.25, 0.3) is 5.78 Å². The van der Waals surface area contributed by atoms with Crippen molar-refractivity contribution >= 4 is 16.9 Å². The first-order valence-electron chi connectivity index (χ1n) is 3.43. The van der Waals surface area contributed by atoms with Crippen molar-refractivity contribution in [2.24, 2.45) is 0 Å². The largest absolute Gasteiger partial charge is 0.342 e. The van der Waals surface area contributed by atoms with Gasteiger partial charge in [0.05, 0.1) is 12.5 Å². The average molecular weight is 160 g/mol. The van der Waals surface area contributed by atoms with Gasteiger partial charge in [0.2, 0.25) is 0 Å². The van der Waals surface area contributed by atoms with E-state index in [-0.39, 0.29) is 0 Å². The summed E-state index contributed by atoms with van der Waals surface area (Å²) in [6.07, 6.45) is 4.75. The molecule has 0 saturated carbocycles. The van der Waals surface area contributed by atoms with Crippen molar-refractivity contribution in [1.82, 2.24) is 29.5 Å². The van der Waals surface area contributed by atoms with Crippen LogP contribution in [0.5, 0.6) is 0 Å². The molecule has 0 fully saturated rings. The van der Waals surface area contributed by atoms with Gasteiger partial charge in [-0.25, -0.2) is 9.97 Å². The fourth-order valence-corrected chi connectivity index (χ4v) is 1.16. The van der Waals surface area contributed by atoms with Crippen molar-refractivity contribution in [1.29, 1.82) is 0 Å². The van der Waals surface area contributed by atoms with E-state index < -0.39 is 0 Å². The Morgan fingerprint density at radius 3 is 3.25 bits per heavy atom. The van der Waals surface area contributed by atoms with Gasteiger partial charge in [-0.1, -0.05) is 0 Å². The molecule has 0 aromatic carbocycles. The molecule has 0 amide bonds. The Kier molecular flexibility index (Phi) is 0.840. The fraction of sp³-hybridized carbons (Fsp3) is 0. The van der Waals surface area contributed by atoms with Gasteiger partial charge >= 0.3 is 0 Å². The summed E-state index contributed by atoms with van der Waals surface area (Å²) in [6, 6.07) is 0. The summed E-state index contributed by atoms with van der Waals surface area (Å²) in [6.45, 7) is 0. The average Bonchev–Trinajstić information content (AvgIpc) is 2.71. The van der Waals surface area contributed by atoms with E-state index in [1.165, 1.54) is 6.33 Å². The molecule has 0 bridgehead atoms. The van der Waals surface area contributed by atoms with Crippen LogP contribution in [0, 0.1) is 0 Å². The van der Waals surface area contributed by atoms with Crippen molar-refractivity contribution in [3.8, 4) is 0 Å². The number of aromatic nitrogens is 6. The Morgan fingerprint density at radius 2 is 2.25 bits per heavy atom. The van der Waals surface area contributed by atoms with Gasteiger partial charge in [-0.3, -0.25) is 0 Å². The second-order valence-electron chi connectivity index (χ2n) is 2.37. The van der Waals surface area contributed by atoms with Crippen LogP contribution in [0.2, 0.25) is 0 Å². The zero-order chi connectivity index (χ0) is 7.97. The molecule has 0 aliphatic rings. The van der Waals surface area contributed by atoms with Gasteiger partial charge in [-0.2, -0.15) is 14.6 Å². The Bertz CT molecular complexity index is 485. The van der Waals surface area contributed by atoms with Crippen LogP contribution >= 0.6 is 0 Å². The van der Waals surface area contributed by atoms with Gasteiger partial charge in [0.1, 0.15) is 11.8 Å². The molecule has 0 atom stereocenters. The quantitative estimate of drug-likeness (QED) is 0.502. The molecule has 0 radical (unpaired) electrons. The van der Waals surface area contributed by atoms with E-state index in [1.807, 2.05) is 0 Å². The molecule has 12 heavy (non-hydrogen) atoms. The summed E-state index contributed by atoms with van der Waals surface area (Å²) in [5.41, 5.74) is 1.60. The first-order valence-corrected chi connectivity index (χ1v) is 3.43. The zero-order valence-electron chi connectivity index (χ0n) is 5.97. The van der Waals surface area contributed by atoms with Gasteiger partial charge < -0.3 is 4.98 Å². The SMILES string of the molecule is c1nc2ncc3[nH]cnc3n2n1. The third-order valence-corrected chi connectivity index (χ3v) is 1.69. The molecule has 0 aliphatic carbocycles. The van der Waals surface area contributed by atoms with Gasteiger partial charge in [0.15, 0.2) is 5.65 Å². The maximum Gasteiger partial charge on any atom is 0.254 e. The summed E-state index contributed by atoms with van der Waals surface area (Å²) in [5.74, 6) is 0.564. The van der Waals surface area contributed by atoms with Crippen molar-refractivity contribution in [3.05, 3.63) is 18.9 Å². The summed E-state index contributed by atoms with van der Waals surface area (Å²) in [5, 5.41) is 3.98. The number of rotatable bonds is 0. The number of imidazole rings is 1. The van der Waals surface area contributed by atoms with Crippen LogP contribution in [0.15, 0.2) is 18.9 Å². The number of aromatic amines is 1. The first kappa shape index (κ1) is 5.64. The number of hydrogen-bond acceptors (Lipinski definition) is 4. The third-order valence-electron chi connectivity index (χ3n) is 1.69. The van der Waals surface area contributed by atoms with Crippen LogP contribution in [-0.4, -0.2) is 29.5 Å². The molecule has 58 valence electrons. The second kappa shape index (κ2) is 1.79. The standard InChI is InChI=1S/C6H4N6/c1-4-5(9-2-8-4)12-6(7-1)10-3-11-12/h1-3H,(H,8,9). The van der Waals surface area contributed by atoms with Crippen molar-refractivity contribution in [2.75, 3.05) is 0 Å². The van der Waals surface area contributed by atoms with Crippen LogP contribution in [0.4, 0.5) is 0 Å². The summed E-state index contributed by atoms with van der Waals surface area (Å²) < 4.78 is 1.59. The Labute approximate surface area is 66.3 Å². The molecule has 3 aromatic heterocycles. The molecule has 3 rings (SSSR count). The van der Waals surface area contributed by atoms with Crippen LogP contribution in [-0.2, 0) is 0 Å². The molecule has 6 nitrogen and oxygen atoms in total. The van der Waals surface area contributed by atoms with Crippen LogP contribution in [0.3, 0.4) is 0 Å². The molecule has 6 heteroatoms. The fourth-order valence-electron chi connectivity index (χ4n) is 1.16. The van der Waals surface area contributed by atoms with Crippen LogP contribution in [0.25, 0.3) is 16.9 Å². The van der Waals surface area contributed by atoms with Crippen molar-refractivity contribution in [3.63, 3.8) is 0 Å². The third kappa shape index (κ3) is 0.541. The van der Waals surface area contributed by atoms with E-state index in [1.54, 1.807) is 17.0 Å². The van der Waals surface area contributed by atoms with E-state index >= 15 is 0 Å². The lowest BCUT2D eigenvalue weighted by atomic mass is 10.6. The van der Waals surface area contributed by atoms with Crippen molar-refractivity contribution in [2.45, 2.75) is 0 Å². The predicted octanol–water partition coefficient (Wildman–Crippen LogP) is 0.000600. The first-order chi connectivity index (χ1) is 5.95. The number of H-pyrrole nitrogens is 1. The van der Waals surface area contributed by atoms with E-state index in [0.717, 1.165) is 11.2 Å². The van der Waals surface area contributed by atoms with E-state index in [9.17, 15) is 0 Å². The van der Waals surface area contributed by atoms with Crippen LogP contribution < -0.4 is 0 Å². The topological polar surface area (TPSA) is 71.8 Å². The molecular formula is C6H4N6. The Hall–Kier alpha value is -1.98. The minimum Gasteiger partial charge on any atom is -0.342 e. The Morgan fingerprint density at radius 1 is 1.25 bits per heavy atom. The predicted molar refractivity (Wildman–Crippen MR) is 40.4 cm³/mol. The zero-order valence-corrected chi connectivity index (χ0v) is 5.97. The maximum absolute atomic E-state index is 4.08. The lowest BCUT2D eigenvalue weighted by Gasteiger charge is -1.89. The molecule has 0 spiro atoms. The molecule has 1 N–H and O–H groups in total. The molecule has 3 aromatic rings. The molecular weight excluding hydrogens is 156 g/mol. The van der Waals surface area contributed by atoms with E-state index in [4.69, 9.17) is 0 Å². The number of nitrogens with one attached hydrogen (secondary N) is 1. The van der Waals surface area contributed by atoms with E-state index in [0.29, 0.717) is 5.78 Å². The van der Waals surface area contributed by atoms with Crippen molar-refractivity contribution < 1.29 is 0 Å². The lowest BCUT2D eigenvalue weighted by Crippen LogP contribution is -1.91. The maximum atomic E-state index is 4.08. The summed E-state index contributed by atoms with van der Waals surface area (Å²) in [4.78, 5) is 15.0. The van der Waals surface area contributed by atoms with Gasteiger partial charge in [-0.15, -0.1) is 0 Å². The molecule has 0 unspecified atom stereocenters. The monoisotopic (exact) mass is 160 g/mol. The highest BCUT2D eigenvalue weighted by Crippen LogP contribution is 2.06. The minimum atomic E-state index is 0.564. The highest BCUT2D eigenvalue weighted by atomic mass is 15.3. The normalized spacial score (nSPS) is 11.3. The van der Waals surface area contributed by atoms with E-state index in [2.05, 4.69) is 25.0 Å². The Balaban J connectivity index is 2.71. The number of nitrogens with zero attached hydrogens (tertiary/aromatic N) is 5. The highest BCUT2D eigenvalue weighted by molar-refractivity contribution is 5.70. The molecule has 3 heterocycles. The minimum absolute atomic E-state index is 0.564. The van der Waals surface area contributed by atoms with Gasteiger partial charge in [0, 0.05) is 0 Å². The number of hydrogen-bond donors (Lipinski definition) is 1. The summed E-state index contributed by atoms with van der Waals surface area (Å²) >= 11 is 0.